The predicted octanol–water partition coefficient (Wildman–Crippen LogP) is 6.51. The second kappa shape index (κ2) is 9.00. The zero-order valence-electron chi connectivity index (χ0n) is 17.6. The van der Waals surface area contributed by atoms with Gasteiger partial charge in [0, 0.05) is 22.8 Å². The molecule has 0 saturated heterocycles. The van der Waals surface area contributed by atoms with Gasteiger partial charge in [0.15, 0.2) is 6.29 Å². The third-order valence-electron chi connectivity index (χ3n) is 5.50. The number of carbonyl (C=O) groups excluding carboxylic acids is 1. The molecule has 0 amide bonds. The van der Waals surface area contributed by atoms with Gasteiger partial charge in [-0.25, -0.2) is 0 Å². The number of pyridine rings is 1. The van der Waals surface area contributed by atoms with Crippen molar-refractivity contribution in [1.82, 2.24) is 4.40 Å². The van der Waals surface area contributed by atoms with E-state index in [1.54, 1.807) is 0 Å². The Hall–Kier alpha value is -3.33. The summed E-state index contributed by atoms with van der Waals surface area (Å²) in [6, 6.07) is 22.8. The molecule has 30 heavy (non-hydrogen) atoms. The van der Waals surface area contributed by atoms with Crippen molar-refractivity contribution < 1.29 is 9.53 Å². The second-order valence-corrected chi connectivity index (χ2v) is 7.60. The van der Waals surface area contributed by atoms with E-state index < -0.39 is 0 Å². The van der Waals surface area contributed by atoms with E-state index in [1.165, 1.54) is 11.1 Å². The molecule has 0 bridgehead atoms. The lowest BCUT2D eigenvalue weighted by Crippen LogP contribution is -1.99. The third kappa shape index (κ3) is 4.02. The topological polar surface area (TPSA) is 30.7 Å². The van der Waals surface area contributed by atoms with E-state index in [4.69, 9.17) is 4.74 Å². The lowest BCUT2D eigenvalue weighted by molar-refractivity contribution is 0.111. The molecule has 0 unspecified atom stereocenters. The highest BCUT2D eigenvalue weighted by Crippen LogP contribution is 2.36. The number of hydrogen-bond donors (Lipinski definition) is 0. The molecule has 0 atom stereocenters. The van der Waals surface area contributed by atoms with Crippen LogP contribution in [0.5, 0.6) is 5.75 Å². The fourth-order valence-corrected chi connectivity index (χ4v) is 3.87. The van der Waals surface area contributed by atoms with Crippen LogP contribution < -0.4 is 4.74 Å². The first-order valence-corrected chi connectivity index (χ1v) is 10.6. The lowest BCUT2D eigenvalue weighted by Gasteiger charge is -2.13. The van der Waals surface area contributed by atoms with Crippen LogP contribution in [0.15, 0.2) is 72.9 Å². The summed E-state index contributed by atoms with van der Waals surface area (Å²) < 4.78 is 8.22. The Morgan fingerprint density at radius 3 is 2.40 bits per heavy atom. The molecule has 0 N–H and O–H groups in total. The van der Waals surface area contributed by atoms with Gasteiger partial charge in [0.05, 0.1) is 5.69 Å². The molecular formula is C27H27NO2. The Bertz CT molecular complexity index is 1160. The second-order valence-electron chi connectivity index (χ2n) is 7.60. The van der Waals surface area contributed by atoms with Crippen molar-refractivity contribution in [2.24, 2.45) is 0 Å². The Morgan fingerprint density at radius 2 is 1.67 bits per heavy atom. The van der Waals surface area contributed by atoms with Gasteiger partial charge in [-0.1, -0.05) is 62.7 Å². The number of hydrogen-bond acceptors (Lipinski definition) is 2. The fourth-order valence-electron chi connectivity index (χ4n) is 3.87. The maximum Gasteiger partial charge on any atom is 0.167 e. The van der Waals surface area contributed by atoms with Gasteiger partial charge < -0.3 is 9.14 Å². The van der Waals surface area contributed by atoms with Crippen LogP contribution in [0.2, 0.25) is 0 Å². The van der Waals surface area contributed by atoms with Crippen LogP contribution >= 0.6 is 0 Å². The fraction of sp³-hybridized carbons (Fsp3) is 0.222. The lowest BCUT2D eigenvalue weighted by atomic mass is 10.00. The van der Waals surface area contributed by atoms with Crippen molar-refractivity contribution in [3.8, 4) is 16.9 Å². The monoisotopic (exact) mass is 397 g/mol. The Morgan fingerprint density at radius 1 is 0.867 bits per heavy atom. The molecule has 3 heteroatoms. The maximum atomic E-state index is 12.1. The summed E-state index contributed by atoms with van der Waals surface area (Å²) in [5.41, 5.74) is 7.14. The smallest absolute Gasteiger partial charge is 0.167 e. The average molecular weight is 398 g/mol. The van der Waals surface area contributed by atoms with E-state index in [0.717, 1.165) is 53.5 Å². The van der Waals surface area contributed by atoms with Crippen molar-refractivity contribution >= 4 is 11.8 Å². The normalized spacial score (nSPS) is 11.0. The summed E-state index contributed by atoms with van der Waals surface area (Å²) in [4.78, 5) is 12.1. The zero-order valence-corrected chi connectivity index (χ0v) is 17.6. The van der Waals surface area contributed by atoms with E-state index in [2.05, 4.69) is 62.5 Å². The molecule has 0 aliphatic heterocycles. The van der Waals surface area contributed by atoms with Crippen LogP contribution in [0.4, 0.5) is 0 Å². The first-order chi connectivity index (χ1) is 14.7. The molecule has 0 radical (unpaired) electrons. The molecule has 2 aromatic carbocycles. The highest BCUT2D eigenvalue weighted by atomic mass is 16.5. The number of rotatable bonds is 8. The summed E-state index contributed by atoms with van der Waals surface area (Å²) in [7, 11) is 0. The number of fused-ring (bicyclic) bond motifs is 1. The third-order valence-corrected chi connectivity index (χ3v) is 5.50. The van der Waals surface area contributed by atoms with Gasteiger partial charge in [0.1, 0.15) is 12.4 Å². The summed E-state index contributed by atoms with van der Waals surface area (Å²) >= 11 is 0. The van der Waals surface area contributed by atoms with Crippen LogP contribution in [0.25, 0.3) is 16.6 Å². The number of carbonyl (C=O) groups is 1. The van der Waals surface area contributed by atoms with Crippen molar-refractivity contribution in [2.75, 3.05) is 0 Å². The van der Waals surface area contributed by atoms with Gasteiger partial charge in [-0.2, -0.15) is 0 Å². The first-order valence-electron chi connectivity index (χ1n) is 10.6. The minimum absolute atomic E-state index is 0.491. The first kappa shape index (κ1) is 20.0. The number of aromatic nitrogens is 1. The van der Waals surface area contributed by atoms with Crippen LogP contribution in [0.1, 0.15) is 47.4 Å². The molecule has 4 rings (SSSR count). The zero-order chi connectivity index (χ0) is 20.9. The molecule has 4 aromatic rings. The summed E-state index contributed by atoms with van der Waals surface area (Å²) in [5.74, 6) is 0.799. The van der Waals surface area contributed by atoms with Crippen molar-refractivity contribution in [2.45, 2.75) is 39.7 Å². The molecule has 0 spiro atoms. The minimum atomic E-state index is 0.491. The van der Waals surface area contributed by atoms with Crippen LogP contribution in [-0.2, 0) is 19.4 Å². The van der Waals surface area contributed by atoms with E-state index in [1.807, 2.05) is 28.7 Å². The highest BCUT2D eigenvalue weighted by molar-refractivity contribution is 5.91. The Balaban J connectivity index is 1.81. The number of nitrogens with zero attached hydrogens (tertiary/aromatic N) is 1. The van der Waals surface area contributed by atoms with Gasteiger partial charge in [0.25, 0.3) is 0 Å². The number of benzene rings is 2. The minimum Gasteiger partial charge on any atom is -0.488 e. The van der Waals surface area contributed by atoms with Crippen LogP contribution in [0, 0.1) is 0 Å². The van der Waals surface area contributed by atoms with E-state index >= 15 is 0 Å². The molecule has 2 aromatic heterocycles. The maximum absolute atomic E-state index is 12.1. The van der Waals surface area contributed by atoms with E-state index in [-0.39, 0.29) is 0 Å². The van der Waals surface area contributed by atoms with Crippen molar-refractivity contribution in [1.29, 1.82) is 0 Å². The van der Waals surface area contributed by atoms with Crippen LogP contribution in [0.3, 0.4) is 0 Å². The van der Waals surface area contributed by atoms with Crippen molar-refractivity contribution in [3.05, 3.63) is 95.3 Å². The summed E-state index contributed by atoms with van der Waals surface area (Å²) in [6.07, 6.45) is 6.01. The highest BCUT2D eigenvalue weighted by Gasteiger charge is 2.17. The quantitative estimate of drug-likeness (QED) is 0.317. The van der Waals surface area contributed by atoms with Gasteiger partial charge >= 0.3 is 0 Å². The Labute approximate surface area is 177 Å². The molecule has 152 valence electrons. The molecule has 0 aliphatic carbocycles. The molecule has 0 fully saturated rings. The SMILES string of the molecule is CCCc1ccc(OCc2ccccc2)c(-c2cc3ccc(CC)cn3c2C=O)c1. The van der Waals surface area contributed by atoms with E-state index in [9.17, 15) is 4.79 Å². The van der Waals surface area contributed by atoms with Crippen LogP contribution in [-0.4, -0.2) is 10.7 Å². The summed E-state index contributed by atoms with van der Waals surface area (Å²) in [6.45, 7) is 4.79. The van der Waals surface area contributed by atoms with Gasteiger partial charge in [-0.3, -0.25) is 4.79 Å². The molecule has 3 nitrogen and oxygen atoms in total. The predicted molar refractivity (Wildman–Crippen MR) is 122 cm³/mol. The van der Waals surface area contributed by atoms with Gasteiger partial charge in [-0.15, -0.1) is 0 Å². The van der Waals surface area contributed by atoms with Gasteiger partial charge in [0.2, 0.25) is 0 Å². The van der Waals surface area contributed by atoms with Gasteiger partial charge in [-0.05, 0) is 53.8 Å². The molecular weight excluding hydrogens is 370 g/mol. The number of ether oxygens (including phenoxy) is 1. The summed E-state index contributed by atoms with van der Waals surface area (Å²) in [5, 5.41) is 0. The molecule has 0 aliphatic rings. The van der Waals surface area contributed by atoms with Crippen molar-refractivity contribution in [3.63, 3.8) is 0 Å². The number of aryl methyl sites for hydroxylation is 2. The average Bonchev–Trinajstić information content (AvgIpc) is 3.16. The molecule has 0 saturated carbocycles. The number of aldehydes is 1. The molecule has 2 heterocycles. The Kier molecular flexibility index (Phi) is 5.99. The van der Waals surface area contributed by atoms with E-state index in [0.29, 0.717) is 12.3 Å². The largest absolute Gasteiger partial charge is 0.488 e. The standard InChI is InChI=1S/C27H27NO2/c1-3-8-21-12-14-27(30-19-22-9-6-5-7-10-22)25(15-21)24-16-23-13-11-20(4-2)17-28(23)26(24)18-29/h5-7,9-18H,3-4,8,19H2,1-2H3.